The van der Waals surface area contributed by atoms with Gasteiger partial charge in [0.1, 0.15) is 0 Å². The zero-order valence-corrected chi connectivity index (χ0v) is 8.95. The molecule has 0 atom stereocenters. The van der Waals surface area contributed by atoms with Crippen LogP contribution in [0.1, 0.15) is 23.6 Å². The second-order valence-corrected chi connectivity index (χ2v) is 3.57. The smallest absolute Gasteiger partial charge is 0.234 e. The molecule has 2 nitrogen and oxygen atoms in total. The van der Waals surface area contributed by atoms with Crippen LogP contribution >= 0.6 is 0 Å². The highest BCUT2D eigenvalue weighted by Crippen LogP contribution is 2.24. The third-order valence-electron chi connectivity index (χ3n) is 2.73. The molecule has 0 fully saturated rings. The number of nitrogens with zero attached hydrogens (tertiary/aromatic N) is 1. The lowest BCUT2D eigenvalue weighted by atomic mass is 9.94. The van der Waals surface area contributed by atoms with Gasteiger partial charge in [-0.15, -0.1) is 0 Å². The summed E-state index contributed by atoms with van der Waals surface area (Å²) in [5.74, 6) is 0. The van der Waals surface area contributed by atoms with Crippen LogP contribution in [0.15, 0.2) is 30.3 Å². The summed E-state index contributed by atoms with van der Waals surface area (Å²) in [4.78, 5) is 11.0. The third-order valence-corrected chi connectivity index (χ3v) is 2.73. The highest BCUT2D eigenvalue weighted by molar-refractivity contribution is 6.00. The number of fused-ring (bicyclic) bond motifs is 1. The second-order valence-electron chi connectivity index (χ2n) is 3.57. The average molecular weight is 208 g/mol. The van der Waals surface area contributed by atoms with E-state index in [-0.39, 0.29) is 0 Å². The molecule has 0 unspecified atom stereocenters. The van der Waals surface area contributed by atoms with Gasteiger partial charge in [0, 0.05) is 5.56 Å². The molecule has 0 aliphatic carbocycles. The first-order chi connectivity index (χ1) is 7.81. The molecule has 0 amide bonds. The van der Waals surface area contributed by atoms with Gasteiger partial charge in [-0.2, -0.15) is 5.26 Å². The molecular weight excluding hydrogens is 198 g/mol. The Hall–Kier alpha value is -2.14. The monoisotopic (exact) mass is 208 g/mol. The number of hydrogen-bond donors (Lipinski definition) is 0. The summed E-state index contributed by atoms with van der Waals surface area (Å²) < 4.78 is 0. The predicted molar refractivity (Wildman–Crippen MR) is 62.8 cm³/mol. The molecule has 2 aromatic rings. The Morgan fingerprint density at radius 3 is 2.69 bits per heavy atom. The molecule has 0 aromatic heterocycles. The van der Waals surface area contributed by atoms with Crippen LogP contribution in [0.4, 0.5) is 0 Å². The van der Waals surface area contributed by atoms with Crippen molar-refractivity contribution >= 4 is 17.1 Å². The van der Waals surface area contributed by atoms with Gasteiger partial charge in [0.25, 0.3) is 0 Å². The largest absolute Gasteiger partial charge is 0.285 e. The van der Waals surface area contributed by atoms with Crippen molar-refractivity contribution in [3.05, 3.63) is 47.0 Å². The van der Waals surface area contributed by atoms with Crippen molar-refractivity contribution in [2.24, 2.45) is 0 Å². The van der Waals surface area contributed by atoms with Crippen LogP contribution in [0, 0.1) is 11.3 Å². The van der Waals surface area contributed by atoms with Gasteiger partial charge in [0.15, 0.2) is 0 Å². The van der Waals surface area contributed by atoms with Crippen LogP contribution < -0.4 is 0 Å². The summed E-state index contributed by atoms with van der Waals surface area (Å²) in [6.07, 6.45) is 2.63. The van der Waals surface area contributed by atoms with Crippen LogP contribution in [-0.4, -0.2) is 6.29 Å². The van der Waals surface area contributed by atoms with Crippen LogP contribution in [0.2, 0.25) is 0 Å². The number of benzene rings is 2. The van der Waals surface area contributed by atoms with Crippen molar-refractivity contribution in [3.63, 3.8) is 0 Å². The average Bonchev–Trinajstić information content (AvgIpc) is 2.36. The second kappa shape index (κ2) is 4.16. The molecule has 2 aromatic carbocycles. The van der Waals surface area contributed by atoms with E-state index in [9.17, 15) is 4.79 Å². The van der Waals surface area contributed by atoms with Crippen molar-refractivity contribution in [1.29, 1.82) is 5.26 Å². The lowest BCUT2D eigenvalue weighted by Gasteiger charge is -2.08. The Morgan fingerprint density at radius 2 is 2.06 bits per heavy atom. The van der Waals surface area contributed by atoms with Gasteiger partial charge in [-0.05, 0) is 28.8 Å². The van der Waals surface area contributed by atoms with Gasteiger partial charge >= 0.3 is 0 Å². The zero-order valence-electron chi connectivity index (χ0n) is 8.95. The Labute approximate surface area is 94.1 Å². The van der Waals surface area contributed by atoms with E-state index in [0.29, 0.717) is 17.5 Å². The normalized spacial score (nSPS) is 10.0. The van der Waals surface area contributed by atoms with E-state index in [1.54, 1.807) is 0 Å². The van der Waals surface area contributed by atoms with E-state index >= 15 is 0 Å². The SMILES string of the molecule is CCc1c(C#N)cc2ccccc2c1[C]=O. The molecule has 0 bridgehead atoms. The number of carbonyl (C=O) groups excluding carboxylic acids is 1. The molecule has 0 heterocycles. The van der Waals surface area contributed by atoms with Gasteiger partial charge in [0.2, 0.25) is 6.29 Å². The number of rotatable bonds is 2. The van der Waals surface area contributed by atoms with Crippen LogP contribution in [0.25, 0.3) is 10.8 Å². The first kappa shape index (κ1) is 10.4. The summed E-state index contributed by atoms with van der Waals surface area (Å²) in [5.41, 5.74) is 1.88. The topological polar surface area (TPSA) is 40.9 Å². The van der Waals surface area contributed by atoms with Gasteiger partial charge < -0.3 is 0 Å². The summed E-state index contributed by atoms with van der Waals surface area (Å²) in [7, 11) is 0. The van der Waals surface area contributed by atoms with Crippen molar-refractivity contribution in [1.82, 2.24) is 0 Å². The zero-order chi connectivity index (χ0) is 11.5. The van der Waals surface area contributed by atoms with Crippen molar-refractivity contribution in [3.8, 4) is 6.07 Å². The van der Waals surface area contributed by atoms with E-state index in [2.05, 4.69) is 6.07 Å². The maximum absolute atomic E-state index is 11.0. The minimum absolute atomic E-state index is 0.525. The van der Waals surface area contributed by atoms with Crippen molar-refractivity contribution < 1.29 is 4.79 Å². The van der Waals surface area contributed by atoms with Gasteiger partial charge in [0.05, 0.1) is 11.6 Å². The van der Waals surface area contributed by atoms with E-state index in [4.69, 9.17) is 5.26 Å². The highest BCUT2D eigenvalue weighted by Gasteiger charge is 2.11. The first-order valence-corrected chi connectivity index (χ1v) is 5.14. The van der Waals surface area contributed by atoms with Crippen molar-refractivity contribution in [2.45, 2.75) is 13.3 Å². The fraction of sp³-hybridized carbons (Fsp3) is 0.143. The summed E-state index contributed by atoms with van der Waals surface area (Å²) in [5, 5.41) is 10.8. The van der Waals surface area contributed by atoms with Gasteiger partial charge in [-0.3, -0.25) is 4.79 Å². The third kappa shape index (κ3) is 1.47. The van der Waals surface area contributed by atoms with Crippen LogP contribution in [0.5, 0.6) is 0 Å². The van der Waals surface area contributed by atoms with E-state index in [0.717, 1.165) is 16.3 Å². The Morgan fingerprint density at radius 1 is 1.31 bits per heavy atom. The molecule has 0 saturated heterocycles. The lowest BCUT2D eigenvalue weighted by Crippen LogP contribution is -1.97. The standard InChI is InChI=1S/C14H10NO/c1-2-12-11(8-15)7-10-5-3-4-6-13(10)14(12)9-16/h3-7H,2H2,1H3. The van der Waals surface area contributed by atoms with Crippen LogP contribution in [-0.2, 0) is 11.2 Å². The van der Waals surface area contributed by atoms with Crippen LogP contribution in [0.3, 0.4) is 0 Å². The minimum Gasteiger partial charge on any atom is -0.285 e. The minimum atomic E-state index is 0.525. The van der Waals surface area contributed by atoms with E-state index in [1.807, 2.05) is 43.5 Å². The lowest BCUT2D eigenvalue weighted by molar-refractivity contribution is 0.562. The summed E-state index contributed by atoms with van der Waals surface area (Å²) in [6.45, 7) is 1.94. The van der Waals surface area contributed by atoms with Gasteiger partial charge in [-0.1, -0.05) is 31.2 Å². The highest BCUT2D eigenvalue weighted by atomic mass is 16.1. The number of nitriles is 1. The molecule has 0 N–H and O–H groups in total. The fourth-order valence-electron chi connectivity index (χ4n) is 1.97. The Bertz CT molecular complexity index is 593. The molecule has 0 aliphatic rings. The summed E-state index contributed by atoms with van der Waals surface area (Å²) in [6, 6.07) is 11.5. The predicted octanol–water partition coefficient (Wildman–Crippen LogP) is 2.73. The Balaban J connectivity index is 2.94. The van der Waals surface area contributed by atoms with Crippen molar-refractivity contribution in [2.75, 3.05) is 0 Å². The molecular formula is C14H10NO. The quantitative estimate of drug-likeness (QED) is 0.761. The van der Waals surface area contributed by atoms with E-state index < -0.39 is 0 Å². The molecule has 1 radical (unpaired) electrons. The van der Waals surface area contributed by atoms with Gasteiger partial charge in [-0.25, -0.2) is 0 Å². The first-order valence-electron chi connectivity index (χ1n) is 5.14. The number of hydrogen-bond acceptors (Lipinski definition) is 2. The molecule has 0 aliphatic heterocycles. The molecule has 0 spiro atoms. The summed E-state index contributed by atoms with van der Waals surface area (Å²) >= 11 is 0. The fourth-order valence-corrected chi connectivity index (χ4v) is 1.97. The van der Waals surface area contributed by atoms with E-state index in [1.165, 1.54) is 0 Å². The Kier molecular flexibility index (Phi) is 2.70. The maximum atomic E-state index is 11.0. The molecule has 0 saturated carbocycles. The molecule has 77 valence electrons. The molecule has 2 rings (SSSR count). The molecule has 2 heteroatoms. The maximum Gasteiger partial charge on any atom is 0.234 e. The molecule has 16 heavy (non-hydrogen) atoms.